The highest BCUT2D eigenvalue weighted by Crippen LogP contribution is 2.23. The van der Waals surface area contributed by atoms with Gasteiger partial charge in [-0.05, 0) is 41.7 Å². The average molecular weight is 391 g/mol. The molecule has 2 aromatic rings. The Labute approximate surface area is 170 Å². The Kier molecular flexibility index (Phi) is 5.55. The molecule has 1 saturated heterocycles. The Hall–Kier alpha value is -3.41. The fraction of sp³-hybridized carbons (Fsp3) is 0.261. The molecule has 0 radical (unpaired) electrons. The van der Waals surface area contributed by atoms with E-state index in [-0.39, 0.29) is 17.7 Å². The number of amides is 4. The molecule has 6 heteroatoms. The zero-order valence-electron chi connectivity index (χ0n) is 17.1. The predicted molar refractivity (Wildman–Crippen MR) is 113 cm³/mol. The van der Waals surface area contributed by atoms with Gasteiger partial charge in [0, 0.05) is 5.69 Å². The van der Waals surface area contributed by atoms with Gasteiger partial charge < -0.3 is 10.6 Å². The van der Waals surface area contributed by atoms with Crippen molar-refractivity contribution in [1.29, 1.82) is 0 Å². The quantitative estimate of drug-likeness (QED) is 0.614. The molecular weight excluding hydrogens is 366 g/mol. The second kappa shape index (κ2) is 7.91. The summed E-state index contributed by atoms with van der Waals surface area (Å²) in [4.78, 5) is 37.9. The van der Waals surface area contributed by atoms with Crippen LogP contribution < -0.4 is 10.6 Å². The minimum Gasteiger partial charge on any atom is -0.325 e. The van der Waals surface area contributed by atoms with Crippen molar-refractivity contribution in [1.82, 2.24) is 10.2 Å². The minimum absolute atomic E-state index is 0.0324. The van der Waals surface area contributed by atoms with Crippen LogP contribution in [-0.4, -0.2) is 29.3 Å². The molecule has 0 saturated carbocycles. The van der Waals surface area contributed by atoms with Crippen LogP contribution >= 0.6 is 0 Å². The predicted octanol–water partition coefficient (Wildman–Crippen LogP) is 3.82. The Bertz CT molecular complexity index is 968. The van der Waals surface area contributed by atoms with Gasteiger partial charge in [0.25, 0.3) is 5.91 Å². The number of anilines is 1. The van der Waals surface area contributed by atoms with Crippen molar-refractivity contribution in [3.05, 3.63) is 70.9 Å². The number of nitrogens with one attached hydrogen (secondary N) is 2. The van der Waals surface area contributed by atoms with E-state index in [2.05, 4.69) is 31.4 Å². The molecule has 1 aliphatic heterocycles. The summed E-state index contributed by atoms with van der Waals surface area (Å²) in [6, 6.07) is 14.5. The van der Waals surface area contributed by atoms with E-state index in [4.69, 9.17) is 0 Å². The second-order valence-electron chi connectivity index (χ2n) is 8.17. The zero-order valence-corrected chi connectivity index (χ0v) is 17.1. The average Bonchev–Trinajstić information content (AvgIpc) is 2.91. The summed E-state index contributed by atoms with van der Waals surface area (Å²) < 4.78 is 0. The molecule has 3 rings (SSSR count). The van der Waals surface area contributed by atoms with Crippen LogP contribution in [0.2, 0.25) is 0 Å². The number of urea groups is 1. The lowest BCUT2D eigenvalue weighted by atomic mass is 9.87. The highest BCUT2D eigenvalue weighted by atomic mass is 16.2. The summed E-state index contributed by atoms with van der Waals surface area (Å²) in [5.41, 5.74) is 3.85. The van der Waals surface area contributed by atoms with Crippen LogP contribution in [0, 0.1) is 6.92 Å². The third-order valence-electron chi connectivity index (χ3n) is 4.69. The lowest BCUT2D eigenvalue weighted by Gasteiger charge is -2.18. The number of carbonyl (C=O) groups excluding carboxylic acids is 3. The van der Waals surface area contributed by atoms with Gasteiger partial charge in [0.1, 0.15) is 12.2 Å². The summed E-state index contributed by atoms with van der Waals surface area (Å²) in [5.74, 6) is -0.956. The van der Waals surface area contributed by atoms with Crippen molar-refractivity contribution in [3.63, 3.8) is 0 Å². The first kappa shape index (κ1) is 20.3. The van der Waals surface area contributed by atoms with Crippen LogP contribution in [0.1, 0.15) is 37.5 Å². The van der Waals surface area contributed by atoms with Gasteiger partial charge in [0.05, 0.1) is 0 Å². The molecule has 1 aliphatic rings. The van der Waals surface area contributed by atoms with Crippen LogP contribution in [0.4, 0.5) is 10.5 Å². The van der Waals surface area contributed by atoms with Gasteiger partial charge in [-0.3, -0.25) is 9.59 Å². The topological polar surface area (TPSA) is 78.5 Å². The number of nitrogens with zero attached hydrogens (tertiary/aromatic N) is 1. The molecule has 1 fully saturated rings. The number of hydrogen-bond acceptors (Lipinski definition) is 3. The largest absolute Gasteiger partial charge is 0.329 e. The maximum Gasteiger partial charge on any atom is 0.329 e. The van der Waals surface area contributed by atoms with E-state index >= 15 is 0 Å². The van der Waals surface area contributed by atoms with Crippen molar-refractivity contribution in [2.24, 2.45) is 0 Å². The summed E-state index contributed by atoms with van der Waals surface area (Å²) in [6.45, 7) is 7.98. The molecule has 4 amide bonds. The van der Waals surface area contributed by atoms with Gasteiger partial charge in [-0.25, -0.2) is 9.69 Å². The fourth-order valence-corrected chi connectivity index (χ4v) is 2.94. The smallest absolute Gasteiger partial charge is 0.325 e. The number of rotatable bonds is 4. The van der Waals surface area contributed by atoms with Gasteiger partial charge in [0.2, 0.25) is 5.91 Å². The lowest BCUT2D eigenvalue weighted by molar-refractivity contribution is -0.127. The van der Waals surface area contributed by atoms with E-state index in [1.54, 1.807) is 18.2 Å². The fourth-order valence-electron chi connectivity index (χ4n) is 2.94. The van der Waals surface area contributed by atoms with Gasteiger partial charge >= 0.3 is 6.03 Å². The Morgan fingerprint density at radius 3 is 2.24 bits per heavy atom. The van der Waals surface area contributed by atoms with Gasteiger partial charge in [-0.15, -0.1) is 0 Å². The molecule has 1 heterocycles. The molecule has 150 valence electrons. The molecule has 0 bridgehead atoms. The van der Waals surface area contributed by atoms with Crippen LogP contribution in [0.25, 0.3) is 6.08 Å². The monoisotopic (exact) mass is 391 g/mol. The number of imide groups is 1. The maximum absolute atomic E-state index is 12.6. The summed E-state index contributed by atoms with van der Waals surface area (Å²) in [6.07, 6.45) is 1.62. The number of hydrogen-bond donors (Lipinski definition) is 2. The van der Waals surface area contributed by atoms with E-state index in [0.717, 1.165) is 16.0 Å². The third kappa shape index (κ3) is 4.90. The number of aryl methyl sites for hydroxylation is 1. The van der Waals surface area contributed by atoms with E-state index in [1.165, 1.54) is 5.56 Å². The molecule has 0 spiro atoms. The number of carbonyl (C=O) groups is 3. The zero-order chi connectivity index (χ0) is 21.2. The normalized spacial score (nSPS) is 15.6. The van der Waals surface area contributed by atoms with E-state index < -0.39 is 17.8 Å². The van der Waals surface area contributed by atoms with Crippen molar-refractivity contribution in [3.8, 4) is 0 Å². The Balaban J connectivity index is 1.68. The van der Waals surface area contributed by atoms with E-state index in [0.29, 0.717) is 5.69 Å². The summed E-state index contributed by atoms with van der Waals surface area (Å²) in [5, 5.41) is 5.23. The van der Waals surface area contributed by atoms with Crippen molar-refractivity contribution < 1.29 is 14.4 Å². The molecule has 29 heavy (non-hydrogen) atoms. The van der Waals surface area contributed by atoms with E-state index in [1.807, 2.05) is 43.3 Å². The molecule has 2 N–H and O–H groups in total. The lowest BCUT2D eigenvalue weighted by Crippen LogP contribution is -2.38. The Morgan fingerprint density at radius 2 is 1.66 bits per heavy atom. The second-order valence-corrected chi connectivity index (χ2v) is 8.17. The summed E-state index contributed by atoms with van der Waals surface area (Å²) >= 11 is 0. The van der Waals surface area contributed by atoms with E-state index in [9.17, 15) is 14.4 Å². The Morgan fingerprint density at radius 1 is 1.03 bits per heavy atom. The van der Waals surface area contributed by atoms with Crippen LogP contribution in [0.15, 0.2) is 54.2 Å². The molecule has 2 aromatic carbocycles. The van der Waals surface area contributed by atoms with Crippen LogP contribution in [0.5, 0.6) is 0 Å². The molecule has 6 nitrogen and oxygen atoms in total. The molecule has 0 aromatic heterocycles. The van der Waals surface area contributed by atoms with Gasteiger partial charge in [0.15, 0.2) is 0 Å². The summed E-state index contributed by atoms with van der Waals surface area (Å²) in [7, 11) is 0. The van der Waals surface area contributed by atoms with Crippen molar-refractivity contribution in [2.75, 3.05) is 11.9 Å². The van der Waals surface area contributed by atoms with Gasteiger partial charge in [-0.1, -0.05) is 62.7 Å². The highest BCUT2D eigenvalue weighted by molar-refractivity contribution is 6.15. The SMILES string of the molecule is Cc1ccc(NC(=O)CN2C(=O)N/C(=C/c3ccc(C(C)(C)C)cc3)C2=O)cc1. The number of benzene rings is 2. The van der Waals surface area contributed by atoms with Crippen molar-refractivity contribution in [2.45, 2.75) is 33.1 Å². The highest BCUT2D eigenvalue weighted by Gasteiger charge is 2.34. The molecule has 0 aliphatic carbocycles. The minimum atomic E-state index is -0.605. The van der Waals surface area contributed by atoms with Gasteiger partial charge in [-0.2, -0.15) is 0 Å². The molecular formula is C23H25N3O3. The first-order valence-electron chi connectivity index (χ1n) is 9.45. The standard InChI is InChI=1S/C23H25N3O3/c1-15-5-11-18(12-6-15)24-20(27)14-26-21(28)19(25-22(26)29)13-16-7-9-17(10-8-16)23(2,3)4/h5-13H,14H2,1-4H3,(H,24,27)(H,25,29)/b19-13+. The van der Waals surface area contributed by atoms with Crippen LogP contribution in [-0.2, 0) is 15.0 Å². The molecule has 0 unspecified atom stereocenters. The molecule has 0 atom stereocenters. The first-order valence-corrected chi connectivity index (χ1v) is 9.45. The first-order chi connectivity index (χ1) is 13.6. The third-order valence-corrected chi connectivity index (χ3v) is 4.69. The van der Waals surface area contributed by atoms with Crippen LogP contribution in [0.3, 0.4) is 0 Å². The maximum atomic E-state index is 12.6. The van der Waals surface area contributed by atoms with Crippen molar-refractivity contribution >= 4 is 29.6 Å².